The van der Waals surface area contributed by atoms with Crippen molar-refractivity contribution >= 4 is 11.9 Å². The molecule has 6 rings (SSSR count). The SMILES string of the molecule is C=C1/C(=C\C=C2/CCC[C@@]3(C)C2CCC3C(C)CC#CC(C)(C)O)CC(OC(C)=O)C[C@@H]1OC(C)=O.CC(CC#CC(C)(C)O)C1CCC2/C(=C/C=C3CC(O)C[C@H](O)C3)CCC[C@@]21C. The molecule has 6 aliphatic carbocycles. The van der Waals surface area contributed by atoms with E-state index in [1.807, 2.05) is 0 Å². The number of carbonyl (C=O) groups excluding carboxylic acids is 2. The molecule has 6 saturated carbocycles. The summed E-state index contributed by atoms with van der Waals surface area (Å²) < 4.78 is 11.0. The van der Waals surface area contributed by atoms with Gasteiger partial charge in [-0.3, -0.25) is 9.59 Å². The van der Waals surface area contributed by atoms with Gasteiger partial charge < -0.3 is 29.9 Å². The molecule has 360 valence electrons. The van der Waals surface area contributed by atoms with E-state index in [-0.39, 0.29) is 23.5 Å². The molecule has 0 aliphatic heterocycles. The minimum atomic E-state index is -0.942. The summed E-state index contributed by atoms with van der Waals surface area (Å²) in [5.41, 5.74) is 4.76. The lowest BCUT2D eigenvalue weighted by molar-refractivity contribution is -0.152. The second-order valence-electron chi connectivity index (χ2n) is 22.5. The lowest BCUT2D eigenvalue weighted by Crippen LogP contribution is -2.36. The van der Waals surface area contributed by atoms with E-state index < -0.39 is 29.5 Å². The summed E-state index contributed by atoms with van der Waals surface area (Å²) >= 11 is 0. The minimum absolute atomic E-state index is 0.253. The third kappa shape index (κ3) is 14.3. The number of carbonyl (C=O) groups is 2. The highest BCUT2D eigenvalue weighted by atomic mass is 16.6. The van der Waals surface area contributed by atoms with Crippen LogP contribution in [0.25, 0.3) is 0 Å². The molecular weight excluding hydrogens is 813 g/mol. The molecule has 0 saturated heterocycles. The maximum Gasteiger partial charge on any atom is 0.303 e. The Morgan fingerprint density at radius 2 is 1.18 bits per heavy atom. The molecule has 4 N–H and O–H groups in total. The van der Waals surface area contributed by atoms with Crippen LogP contribution in [0.15, 0.2) is 58.7 Å². The zero-order valence-corrected chi connectivity index (χ0v) is 41.7. The Hall–Kier alpha value is -3.40. The molecule has 0 spiro atoms. The molecule has 0 radical (unpaired) electrons. The molecule has 6 aliphatic rings. The van der Waals surface area contributed by atoms with Crippen molar-refractivity contribution in [3.8, 4) is 23.7 Å². The first kappa shape index (κ1) is 52.6. The van der Waals surface area contributed by atoms with Gasteiger partial charge in [-0.1, -0.05) is 87.1 Å². The van der Waals surface area contributed by atoms with Crippen LogP contribution in [0.3, 0.4) is 0 Å². The van der Waals surface area contributed by atoms with Crippen LogP contribution < -0.4 is 0 Å². The van der Waals surface area contributed by atoms with Gasteiger partial charge in [0.1, 0.15) is 23.4 Å². The van der Waals surface area contributed by atoms with Crippen LogP contribution in [0.1, 0.15) is 178 Å². The van der Waals surface area contributed by atoms with Crippen LogP contribution in [-0.2, 0) is 19.1 Å². The van der Waals surface area contributed by atoms with Crippen LogP contribution in [0.4, 0.5) is 0 Å². The van der Waals surface area contributed by atoms with Crippen molar-refractivity contribution in [1.82, 2.24) is 0 Å². The van der Waals surface area contributed by atoms with Gasteiger partial charge in [0.25, 0.3) is 0 Å². The van der Waals surface area contributed by atoms with Gasteiger partial charge in [0.15, 0.2) is 0 Å². The maximum atomic E-state index is 11.6. The average Bonchev–Trinajstić information content (AvgIpc) is 3.73. The molecule has 6 fully saturated rings. The summed E-state index contributed by atoms with van der Waals surface area (Å²) in [7, 11) is 0. The lowest BCUT2D eigenvalue weighted by Gasteiger charge is -2.44. The minimum Gasteiger partial charge on any atom is -0.462 e. The molecular formula is C57H84O8. The van der Waals surface area contributed by atoms with Crippen molar-refractivity contribution < 1.29 is 39.5 Å². The Morgan fingerprint density at radius 1 is 0.723 bits per heavy atom. The summed E-state index contributed by atoms with van der Waals surface area (Å²) in [5, 5.41) is 39.7. The predicted molar refractivity (Wildman–Crippen MR) is 260 cm³/mol. The first-order chi connectivity index (χ1) is 30.4. The van der Waals surface area contributed by atoms with Crippen molar-refractivity contribution in [2.24, 2.45) is 46.3 Å². The lowest BCUT2D eigenvalue weighted by atomic mass is 9.61. The van der Waals surface area contributed by atoms with Crippen molar-refractivity contribution in [1.29, 1.82) is 0 Å². The second-order valence-corrected chi connectivity index (χ2v) is 22.5. The zero-order valence-electron chi connectivity index (χ0n) is 41.7. The Morgan fingerprint density at radius 3 is 1.63 bits per heavy atom. The Bertz CT molecular complexity index is 1950. The molecule has 0 amide bonds. The normalized spacial score (nSPS) is 36.0. The number of fused-ring (bicyclic) bond motifs is 2. The van der Waals surface area contributed by atoms with Crippen LogP contribution >= 0.6 is 0 Å². The van der Waals surface area contributed by atoms with Gasteiger partial charge in [0.2, 0.25) is 0 Å². The summed E-state index contributed by atoms with van der Waals surface area (Å²) in [6.07, 6.45) is 24.0. The number of allylic oxidation sites excluding steroid dienone is 6. The third-order valence-electron chi connectivity index (χ3n) is 16.0. The van der Waals surface area contributed by atoms with Crippen LogP contribution in [-0.4, -0.2) is 68.0 Å². The van der Waals surface area contributed by atoms with Crippen molar-refractivity contribution in [3.05, 3.63) is 58.7 Å². The fourth-order valence-electron chi connectivity index (χ4n) is 13.2. The third-order valence-corrected chi connectivity index (χ3v) is 16.0. The fraction of sp³-hybridized carbons (Fsp3) is 0.719. The highest BCUT2D eigenvalue weighted by Crippen LogP contribution is 2.61. The summed E-state index contributed by atoms with van der Waals surface area (Å²) in [4.78, 5) is 23.2. The number of hydrogen-bond acceptors (Lipinski definition) is 8. The quantitative estimate of drug-likeness (QED) is 0.140. The zero-order chi connectivity index (χ0) is 47.9. The Kier molecular flexibility index (Phi) is 17.9. The first-order valence-electron chi connectivity index (χ1n) is 25.0. The van der Waals surface area contributed by atoms with Gasteiger partial charge in [0, 0.05) is 39.5 Å². The summed E-state index contributed by atoms with van der Waals surface area (Å²) in [6, 6.07) is 0. The van der Waals surface area contributed by atoms with Gasteiger partial charge in [0.05, 0.1) is 12.2 Å². The van der Waals surface area contributed by atoms with E-state index in [2.05, 4.69) is 82.3 Å². The standard InChI is InChI=1S/C31H44O5.C26H40O3/c1-20(10-8-16-30(5,6)34)27-14-15-28-24(11-9-17-31(27,28)7)12-13-25-18-26(35-22(3)32)19-29(21(25)2)36-23(4)33;1-18(7-5-13-25(2,3)29)23-11-12-24-20(8-6-14-26(23,24)4)10-9-19-15-21(27)17-22(28)16-19/h12-13,20,26-29,34H,2,9-11,14-15,17-19H2,1,3-7H3;9-10,18,21-24,27-29H,6-8,11-12,14-17H2,1-4H3/b24-12+,25-13-;19-9?,20-10+/t20?,26?,27?,28?,29-,31+;18?,21-,22?,23?,24?,26-/m01/s1. The van der Waals surface area contributed by atoms with Gasteiger partial charge in [-0.2, -0.15) is 0 Å². The molecule has 8 heteroatoms. The number of ether oxygens (including phenoxy) is 2. The molecule has 0 bridgehead atoms. The van der Waals surface area contributed by atoms with E-state index in [4.69, 9.17) is 9.47 Å². The maximum absolute atomic E-state index is 11.6. The predicted octanol–water partition coefficient (Wildman–Crippen LogP) is 10.8. The van der Waals surface area contributed by atoms with Gasteiger partial charge in [-0.15, -0.1) is 11.8 Å². The van der Waals surface area contributed by atoms with Gasteiger partial charge in [-0.25, -0.2) is 0 Å². The Labute approximate surface area is 392 Å². The number of esters is 2. The van der Waals surface area contributed by atoms with E-state index >= 15 is 0 Å². The average molecular weight is 897 g/mol. The molecule has 65 heavy (non-hydrogen) atoms. The van der Waals surface area contributed by atoms with E-state index in [1.54, 1.807) is 33.3 Å². The van der Waals surface area contributed by atoms with Crippen LogP contribution in [0, 0.1) is 70.0 Å². The van der Waals surface area contributed by atoms with Crippen LogP contribution in [0.2, 0.25) is 0 Å². The van der Waals surface area contributed by atoms with Crippen LogP contribution in [0.5, 0.6) is 0 Å². The number of aliphatic hydroxyl groups excluding tert-OH is 2. The molecule has 0 aromatic carbocycles. The molecule has 0 aromatic heterocycles. The van der Waals surface area contributed by atoms with Gasteiger partial charge in [-0.05, 0) is 169 Å². The molecule has 12 atom stereocenters. The smallest absolute Gasteiger partial charge is 0.303 e. The fourth-order valence-corrected chi connectivity index (χ4v) is 13.2. The second kappa shape index (κ2) is 22.1. The number of rotatable bonds is 8. The van der Waals surface area contributed by atoms with Gasteiger partial charge >= 0.3 is 11.9 Å². The highest BCUT2D eigenvalue weighted by molar-refractivity contribution is 5.67. The Balaban J connectivity index is 0.000000250. The van der Waals surface area contributed by atoms with Crippen molar-refractivity contribution in [3.63, 3.8) is 0 Å². The summed E-state index contributed by atoms with van der Waals surface area (Å²) in [5.74, 6) is 15.2. The largest absolute Gasteiger partial charge is 0.462 e. The number of aliphatic hydroxyl groups is 4. The van der Waals surface area contributed by atoms with E-state index in [1.165, 1.54) is 82.8 Å². The number of hydrogen-bond donors (Lipinski definition) is 4. The van der Waals surface area contributed by atoms with Crippen molar-refractivity contribution in [2.45, 2.75) is 214 Å². The molecule has 8 nitrogen and oxygen atoms in total. The van der Waals surface area contributed by atoms with E-state index in [9.17, 15) is 30.0 Å². The van der Waals surface area contributed by atoms with E-state index in [0.717, 1.165) is 30.4 Å². The van der Waals surface area contributed by atoms with E-state index in [0.29, 0.717) is 73.0 Å². The summed E-state index contributed by atoms with van der Waals surface area (Å²) in [6.45, 7) is 23.6. The molecule has 0 aromatic rings. The topological polar surface area (TPSA) is 134 Å². The first-order valence-corrected chi connectivity index (χ1v) is 25.0. The molecule has 0 heterocycles. The molecule has 8 unspecified atom stereocenters. The monoisotopic (exact) mass is 897 g/mol. The highest BCUT2D eigenvalue weighted by Gasteiger charge is 2.52. The van der Waals surface area contributed by atoms with Crippen molar-refractivity contribution in [2.75, 3.05) is 0 Å².